The smallest absolute Gasteiger partial charge is 0.312 e. The highest BCUT2D eigenvalue weighted by Crippen LogP contribution is 2.48. The molecule has 0 fully saturated rings. The summed E-state index contributed by atoms with van der Waals surface area (Å²) in [6.45, 7) is 15.3. The minimum Gasteiger partial charge on any atom is -0.507 e. The molecule has 7 atom stereocenters. The number of benzene rings is 2. The fourth-order valence-electron chi connectivity index (χ4n) is 7.41. The summed E-state index contributed by atoms with van der Waals surface area (Å²) in [6.07, 6.45) is 7.01. The van der Waals surface area contributed by atoms with Gasteiger partial charge in [-0.25, -0.2) is 4.99 Å². The van der Waals surface area contributed by atoms with Crippen molar-refractivity contribution in [2.75, 3.05) is 6.61 Å². The molecule has 0 spiro atoms. The van der Waals surface area contributed by atoms with Crippen molar-refractivity contribution in [3.8, 4) is 23.0 Å². The van der Waals surface area contributed by atoms with Gasteiger partial charge in [-0.15, -0.1) is 0 Å². The molecule has 3 aliphatic rings. The van der Waals surface area contributed by atoms with Gasteiger partial charge >= 0.3 is 11.8 Å². The van der Waals surface area contributed by atoms with Crippen LogP contribution in [0.5, 0.6) is 23.0 Å². The number of nitrogens with zero attached hydrogens (tertiary/aromatic N) is 1. The zero-order valence-corrected chi connectivity index (χ0v) is 35.7. The fraction of sp³-hybridized carbons (Fsp3) is 0.457. The number of esters is 1. The number of fused-ring (bicyclic) bond motifs is 4. The SMILES string of the molecule is CCCCOc1ccc2c(c1)O/C1=C(/C=O)NC(=O)/C(C)=C\C=C\C(C)C[C@@H](C)[C@@H](O)C(O)C(OC(C)=O)[C@H](C)C/C=C/O[C@@]3(C)Oc4c(C)c(O)c(C)c(c4C3=O)C1=N2. The molecular weight excluding hydrogens is 773 g/mol. The van der Waals surface area contributed by atoms with Gasteiger partial charge in [0.25, 0.3) is 11.7 Å². The number of aliphatic hydroxyl groups excluding tert-OH is 2. The molecule has 3 unspecified atom stereocenters. The predicted octanol–water partition coefficient (Wildman–Crippen LogP) is 6.91. The number of Topliss-reactive ketones (excluding diaryl/α,β-unsaturated/α-hetero) is 1. The van der Waals surface area contributed by atoms with Crippen LogP contribution in [0, 0.1) is 31.6 Å². The number of allylic oxidation sites excluding steroid dienone is 6. The van der Waals surface area contributed by atoms with Crippen molar-refractivity contribution in [1.29, 1.82) is 0 Å². The van der Waals surface area contributed by atoms with Gasteiger partial charge in [-0.05, 0) is 76.0 Å². The number of carbonyl (C=O) groups excluding carboxylic acids is 4. The first kappa shape index (κ1) is 45.4. The molecule has 0 saturated carbocycles. The van der Waals surface area contributed by atoms with Gasteiger partial charge in [0.1, 0.15) is 46.6 Å². The topological polar surface area (TPSA) is 200 Å². The van der Waals surface area contributed by atoms with E-state index in [0.717, 1.165) is 12.8 Å². The van der Waals surface area contributed by atoms with Gasteiger partial charge in [-0.3, -0.25) is 19.2 Å². The van der Waals surface area contributed by atoms with Gasteiger partial charge in [0.2, 0.25) is 0 Å². The minimum absolute atomic E-state index is 0.00240. The van der Waals surface area contributed by atoms with E-state index >= 15 is 0 Å². The fourth-order valence-corrected chi connectivity index (χ4v) is 7.41. The summed E-state index contributed by atoms with van der Waals surface area (Å²) in [7, 11) is 0. The minimum atomic E-state index is -1.95. The molecule has 4 N–H and O–H groups in total. The van der Waals surface area contributed by atoms with Crippen LogP contribution in [-0.2, 0) is 23.9 Å². The first-order valence-corrected chi connectivity index (χ1v) is 20.3. The summed E-state index contributed by atoms with van der Waals surface area (Å²) in [5.41, 5.74) is 0.775. The Bertz CT molecular complexity index is 2170. The van der Waals surface area contributed by atoms with Crippen LogP contribution >= 0.6 is 0 Å². The van der Waals surface area contributed by atoms with Crippen LogP contribution in [0.2, 0.25) is 0 Å². The molecule has 5 rings (SSSR count). The Kier molecular flexibility index (Phi) is 14.4. The second-order valence-corrected chi connectivity index (χ2v) is 15.9. The monoisotopic (exact) mass is 828 g/mol. The summed E-state index contributed by atoms with van der Waals surface area (Å²) in [6, 6.07) is 5.01. The average molecular weight is 829 g/mol. The van der Waals surface area contributed by atoms with E-state index in [1.54, 1.807) is 71.0 Å². The number of rotatable bonds is 6. The summed E-state index contributed by atoms with van der Waals surface area (Å²) in [4.78, 5) is 58.2. The van der Waals surface area contributed by atoms with Crippen LogP contribution in [0.15, 0.2) is 70.8 Å². The van der Waals surface area contributed by atoms with Crippen molar-refractivity contribution >= 4 is 35.3 Å². The first-order chi connectivity index (χ1) is 28.4. The molecule has 60 heavy (non-hydrogen) atoms. The van der Waals surface area contributed by atoms with Crippen molar-refractivity contribution < 1.29 is 58.2 Å². The number of aliphatic imine (C=N–C) groups is 1. The maximum absolute atomic E-state index is 14.6. The molecule has 14 heteroatoms. The number of phenols is 1. The lowest BCUT2D eigenvalue weighted by atomic mass is 9.85. The van der Waals surface area contributed by atoms with E-state index in [4.69, 9.17) is 28.7 Å². The Hall–Kier alpha value is -5.73. The van der Waals surface area contributed by atoms with Crippen LogP contribution in [0.3, 0.4) is 0 Å². The van der Waals surface area contributed by atoms with E-state index < -0.39 is 53.6 Å². The molecule has 2 aromatic rings. The van der Waals surface area contributed by atoms with Gasteiger partial charge in [0.05, 0.1) is 24.5 Å². The van der Waals surface area contributed by atoms with E-state index in [-0.39, 0.29) is 74.6 Å². The number of nitrogens with one attached hydrogen (secondary N) is 1. The van der Waals surface area contributed by atoms with Gasteiger partial charge < -0.3 is 44.3 Å². The van der Waals surface area contributed by atoms with E-state index in [0.29, 0.717) is 30.8 Å². The third-order valence-corrected chi connectivity index (χ3v) is 11.0. The zero-order valence-electron chi connectivity index (χ0n) is 35.7. The van der Waals surface area contributed by atoms with Crippen molar-refractivity contribution in [3.63, 3.8) is 0 Å². The second-order valence-electron chi connectivity index (χ2n) is 15.9. The molecular formula is C46H56N2O12. The van der Waals surface area contributed by atoms with Crippen LogP contribution in [-0.4, -0.2) is 75.7 Å². The summed E-state index contributed by atoms with van der Waals surface area (Å²) < 4.78 is 30.0. The molecule has 2 bridgehead atoms. The summed E-state index contributed by atoms with van der Waals surface area (Å²) in [5.74, 6) is -4.57. The lowest BCUT2D eigenvalue weighted by Crippen LogP contribution is -2.46. The molecule has 3 heterocycles. The molecule has 322 valence electrons. The lowest BCUT2D eigenvalue weighted by molar-refractivity contribution is -0.165. The maximum atomic E-state index is 14.6. The predicted molar refractivity (Wildman–Crippen MR) is 223 cm³/mol. The lowest BCUT2D eigenvalue weighted by Gasteiger charge is -2.33. The number of phenolic OH excluding ortho intramolecular Hbond substituents is 1. The van der Waals surface area contributed by atoms with Gasteiger partial charge in [-0.2, -0.15) is 0 Å². The van der Waals surface area contributed by atoms with E-state index in [1.807, 2.05) is 19.9 Å². The molecule has 0 aliphatic carbocycles. The molecule has 2 aromatic carbocycles. The highest BCUT2D eigenvalue weighted by atomic mass is 16.7. The quantitative estimate of drug-likeness (QED) is 0.134. The van der Waals surface area contributed by atoms with Crippen LogP contribution in [0.1, 0.15) is 101 Å². The third kappa shape index (κ3) is 9.66. The molecule has 0 saturated heterocycles. The number of ether oxygens (including phenoxy) is 5. The number of hydrogen-bond acceptors (Lipinski definition) is 13. The van der Waals surface area contributed by atoms with Crippen LogP contribution < -0.4 is 19.5 Å². The number of unbranched alkanes of at least 4 members (excludes halogenated alkanes) is 1. The number of aldehydes is 1. The third-order valence-electron chi connectivity index (χ3n) is 11.0. The number of hydrogen-bond donors (Lipinski definition) is 4. The number of aliphatic hydroxyl groups is 2. The number of aromatic hydroxyl groups is 1. The van der Waals surface area contributed by atoms with Gasteiger partial charge in [-0.1, -0.05) is 52.3 Å². The Morgan fingerprint density at radius 2 is 1.80 bits per heavy atom. The highest BCUT2D eigenvalue weighted by molar-refractivity contribution is 6.24. The second kappa shape index (κ2) is 19.1. The summed E-state index contributed by atoms with van der Waals surface area (Å²) in [5, 5.41) is 36.6. The first-order valence-electron chi connectivity index (χ1n) is 20.3. The maximum Gasteiger partial charge on any atom is 0.312 e. The van der Waals surface area contributed by atoms with Crippen LogP contribution in [0.4, 0.5) is 5.69 Å². The number of amides is 1. The molecule has 1 amide bonds. The average Bonchev–Trinajstić information content (AvgIpc) is 3.47. The van der Waals surface area contributed by atoms with E-state index in [9.17, 15) is 34.5 Å². The Labute approximate surface area is 350 Å². The largest absolute Gasteiger partial charge is 0.507 e. The zero-order chi connectivity index (χ0) is 44.1. The van der Waals surface area contributed by atoms with Gasteiger partial charge in [0, 0.05) is 42.2 Å². The normalized spacial score (nSPS) is 29.3. The van der Waals surface area contributed by atoms with E-state index in [1.165, 1.54) is 20.1 Å². The Morgan fingerprint density at radius 1 is 1.07 bits per heavy atom. The Morgan fingerprint density at radius 3 is 2.48 bits per heavy atom. The Balaban J connectivity index is 1.68. The summed E-state index contributed by atoms with van der Waals surface area (Å²) >= 11 is 0. The molecule has 0 aromatic heterocycles. The standard InChI is InChI=1S/C46H56N2O12/c1-10-11-19-56-31-17-18-32-34(22-31)59-43-33(23-49)48-45(55)26(4)15-12-14-24(2)21-27(5)38(51)40(53)41(58-30(8)50)25(3)16-13-20-57-46(9)44(54)36-35(37(43)47-32)28(6)39(52)29(7)42(36)60-46/h12-15,17-18,20,22-25,27,38,40-41,51-53H,10-11,16,19,21H2,1-9H3,(H,48,55)/b14-12+,20-13+,26-15-,43-33-/t24?,25-,27-,38-,40?,41?,46+/m1/s1. The van der Waals surface area contributed by atoms with E-state index in [2.05, 4.69) is 5.32 Å². The molecule has 3 aliphatic heterocycles. The highest BCUT2D eigenvalue weighted by Gasteiger charge is 2.50. The van der Waals surface area contributed by atoms with Crippen LogP contribution in [0.25, 0.3) is 0 Å². The number of carbonyl (C=O) groups is 4. The molecule has 14 nitrogen and oxygen atoms in total. The van der Waals surface area contributed by atoms with Crippen molar-refractivity contribution in [3.05, 3.63) is 88.0 Å². The van der Waals surface area contributed by atoms with Crippen molar-refractivity contribution in [2.45, 2.75) is 112 Å². The number of ketones is 1. The van der Waals surface area contributed by atoms with Crippen molar-refractivity contribution in [2.24, 2.45) is 22.7 Å². The van der Waals surface area contributed by atoms with Crippen molar-refractivity contribution in [1.82, 2.24) is 5.32 Å². The van der Waals surface area contributed by atoms with Gasteiger partial charge in [0.15, 0.2) is 17.8 Å². The molecule has 0 radical (unpaired) electrons.